The number of nitrogens with two attached hydrogens (primary N) is 1. The number of benzene rings is 1. The third-order valence-corrected chi connectivity index (χ3v) is 3.79. The van der Waals surface area contributed by atoms with Crippen LogP contribution in [-0.4, -0.2) is 18.5 Å². The SMILES string of the molecule is CC(C)Cc1ccc(CC(=O)NCC(N)C2CC2)cc1.Cl. The second kappa shape index (κ2) is 8.40. The van der Waals surface area contributed by atoms with Gasteiger partial charge in [0, 0.05) is 12.6 Å². The van der Waals surface area contributed by atoms with Crippen molar-refractivity contribution >= 4 is 18.3 Å². The number of nitrogens with one attached hydrogen (secondary N) is 1. The smallest absolute Gasteiger partial charge is 0.224 e. The molecule has 118 valence electrons. The Morgan fingerprint density at radius 3 is 2.33 bits per heavy atom. The van der Waals surface area contributed by atoms with Gasteiger partial charge in [-0.15, -0.1) is 12.4 Å². The van der Waals surface area contributed by atoms with Gasteiger partial charge in [0.25, 0.3) is 0 Å². The number of amides is 1. The van der Waals surface area contributed by atoms with Crippen molar-refractivity contribution in [2.75, 3.05) is 6.54 Å². The molecule has 1 aliphatic carbocycles. The highest BCUT2D eigenvalue weighted by molar-refractivity contribution is 5.85. The van der Waals surface area contributed by atoms with E-state index in [-0.39, 0.29) is 24.4 Å². The second-order valence-electron chi connectivity index (χ2n) is 6.40. The van der Waals surface area contributed by atoms with E-state index in [1.54, 1.807) is 0 Å². The van der Waals surface area contributed by atoms with Gasteiger partial charge in [-0.2, -0.15) is 0 Å². The van der Waals surface area contributed by atoms with Crippen LogP contribution >= 0.6 is 12.4 Å². The van der Waals surface area contributed by atoms with E-state index in [4.69, 9.17) is 5.73 Å². The minimum atomic E-state index is 0. The number of rotatable bonds is 7. The van der Waals surface area contributed by atoms with Crippen molar-refractivity contribution in [1.29, 1.82) is 0 Å². The summed E-state index contributed by atoms with van der Waals surface area (Å²) in [6, 6.07) is 8.49. The Morgan fingerprint density at radius 1 is 1.24 bits per heavy atom. The fourth-order valence-electron chi connectivity index (χ4n) is 2.44. The first kappa shape index (κ1) is 18.0. The van der Waals surface area contributed by atoms with Crippen LogP contribution in [0.15, 0.2) is 24.3 Å². The molecule has 0 bridgehead atoms. The Labute approximate surface area is 134 Å². The highest BCUT2D eigenvalue weighted by atomic mass is 35.5. The van der Waals surface area contributed by atoms with Crippen LogP contribution in [0.3, 0.4) is 0 Å². The third-order valence-electron chi connectivity index (χ3n) is 3.79. The van der Waals surface area contributed by atoms with E-state index in [2.05, 4.69) is 43.4 Å². The maximum atomic E-state index is 11.9. The highest BCUT2D eigenvalue weighted by Crippen LogP contribution is 2.31. The van der Waals surface area contributed by atoms with E-state index >= 15 is 0 Å². The van der Waals surface area contributed by atoms with Crippen LogP contribution in [-0.2, 0) is 17.6 Å². The van der Waals surface area contributed by atoms with Gasteiger partial charge in [0.15, 0.2) is 0 Å². The fourth-order valence-corrected chi connectivity index (χ4v) is 2.44. The van der Waals surface area contributed by atoms with Gasteiger partial charge in [0.2, 0.25) is 5.91 Å². The summed E-state index contributed by atoms with van der Waals surface area (Å²) in [6.45, 7) is 5.03. The van der Waals surface area contributed by atoms with Gasteiger partial charge < -0.3 is 11.1 Å². The van der Waals surface area contributed by atoms with Crippen LogP contribution in [0.5, 0.6) is 0 Å². The average molecular weight is 311 g/mol. The summed E-state index contributed by atoms with van der Waals surface area (Å²) >= 11 is 0. The number of hydrogen-bond donors (Lipinski definition) is 2. The van der Waals surface area contributed by atoms with Crippen LogP contribution in [0, 0.1) is 11.8 Å². The summed E-state index contributed by atoms with van der Waals surface area (Å²) < 4.78 is 0. The molecule has 0 saturated heterocycles. The van der Waals surface area contributed by atoms with Gasteiger partial charge in [-0.3, -0.25) is 4.79 Å². The Kier molecular flexibility index (Phi) is 7.20. The Balaban J connectivity index is 0.00000220. The summed E-state index contributed by atoms with van der Waals surface area (Å²) in [7, 11) is 0. The molecule has 1 unspecified atom stereocenters. The van der Waals surface area contributed by atoms with Crippen molar-refractivity contribution in [2.45, 2.75) is 45.6 Å². The lowest BCUT2D eigenvalue weighted by Crippen LogP contribution is -2.39. The van der Waals surface area contributed by atoms with Crippen LogP contribution in [0.4, 0.5) is 0 Å². The van der Waals surface area contributed by atoms with Crippen LogP contribution in [0.25, 0.3) is 0 Å². The topological polar surface area (TPSA) is 55.1 Å². The maximum Gasteiger partial charge on any atom is 0.224 e. The predicted molar refractivity (Wildman–Crippen MR) is 89.6 cm³/mol. The normalized spacial score (nSPS) is 15.4. The molecule has 4 heteroatoms. The first-order valence-electron chi connectivity index (χ1n) is 7.64. The lowest BCUT2D eigenvalue weighted by molar-refractivity contribution is -0.120. The zero-order chi connectivity index (χ0) is 14.5. The number of carbonyl (C=O) groups excluding carboxylic acids is 1. The van der Waals surface area contributed by atoms with Gasteiger partial charge >= 0.3 is 0 Å². The van der Waals surface area contributed by atoms with Gasteiger partial charge in [0.1, 0.15) is 0 Å². The molecule has 0 spiro atoms. The Bertz CT molecular complexity index is 441. The minimum Gasteiger partial charge on any atom is -0.354 e. The minimum absolute atomic E-state index is 0. The van der Waals surface area contributed by atoms with Crippen molar-refractivity contribution < 1.29 is 4.79 Å². The van der Waals surface area contributed by atoms with Crippen molar-refractivity contribution in [3.8, 4) is 0 Å². The van der Waals surface area contributed by atoms with Crippen molar-refractivity contribution in [3.63, 3.8) is 0 Å². The van der Waals surface area contributed by atoms with Gasteiger partial charge in [-0.1, -0.05) is 38.1 Å². The predicted octanol–water partition coefficient (Wildman–Crippen LogP) is 2.70. The van der Waals surface area contributed by atoms with Crippen molar-refractivity contribution in [3.05, 3.63) is 35.4 Å². The molecule has 3 N–H and O–H groups in total. The molecule has 1 aliphatic rings. The van der Waals surface area contributed by atoms with E-state index in [0.717, 1.165) is 12.0 Å². The molecule has 1 amide bonds. The molecule has 1 fully saturated rings. The van der Waals surface area contributed by atoms with Crippen molar-refractivity contribution in [1.82, 2.24) is 5.32 Å². The summed E-state index contributed by atoms with van der Waals surface area (Å²) in [5.74, 6) is 1.36. The molecule has 2 rings (SSSR count). The zero-order valence-electron chi connectivity index (χ0n) is 13.0. The number of halogens is 1. The van der Waals surface area contributed by atoms with Crippen LogP contribution in [0.1, 0.15) is 37.8 Å². The first-order chi connectivity index (χ1) is 9.54. The molecule has 1 aromatic carbocycles. The molecular weight excluding hydrogens is 284 g/mol. The molecule has 3 nitrogen and oxygen atoms in total. The molecular formula is C17H27ClN2O. The molecule has 0 radical (unpaired) electrons. The lowest BCUT2D eigenvalue weighted by atomic mass is 10.0. The van der Waals surface area contributed by atoms with E-state index in [9.17, 15) is 4.79 Å². The van der Waals surface area contributed by atoms with Gasteiger partial charge in [-0.25, -0.2) is 0 Å². The van der Waals surface area contributed by atoms with Gasteiger partial charge in [-0.05, 0) is 42.2 Å². The summed E-state index contributed by atoms with van der Waals surface area (Å²) in [5.41, 5.74) is 8.37. The Hall–Kier alpha value is -1.06. The molecule has 1 aromatic rings. The van der Waals surface area contributed by atoms with E-state index in [1.807, 2.05) is 0 Å². The van der Waals surface area contributed by atoms with Crippen molar-refractivity contribution in [2.24, 2.45) is 17.6 Å². The maximum absolute atomic E-state index is 11.9. The molecule has 1 atom stereocenters. The molecule has 1 saturated carbocycles. The highest BCUT2D eigenvalue weighted by Gasteiger charge is 2.28. The number of carbonyl (C=O) groups is 1. The molecule has 0 aromatic heterocycles. The quantitative estimate of drug-likeness (QED) is 0.813. The summed E-state index contributed by atoms with van der Waals surface area (Å²) in [6.07, 6.45) is 3.96. The van der Waals surface area contributed by atoms with Gasteiger partial charge in [0.05, 0.1) is 6.42 Å². The molecule has 0 heterocycles. The largest absolute Gasteiger partial charge is 0.354 e. The van der Waals surface area contributed by atoms with E-state index < -0.39 is 0 Å². The Morgan fingerprint density at radius 2 is 1.81 bits per heavy atom. The standard InChI is InChI=1S/C17H26N2O.ClH/c1-12(2)9-13-3-5-14(6-4-13)10-17(20)19-11-16(18)15-7-8-15;/h3-6,12,15-16H,7-11,18H2,1-2H3,(H,19,20);1H. The van der Waals surface area contributed by atoms with Crippen LogP contribution < -0.4 is 11.1 Å². The molecule has 0 aliphatic heterocycles. The van der Waals surface area contributed by atoms with E-state index in [1.165, 1.54) is 18.4 Å². The lowest BCUT2D eigenvalue weighted by Gasteiger charge is -2.12. The summed E-state index contributed by atoms with van der Waals surface area (Å²) in [4.78, 5) is 11.9. The summed E-state index contributed by atoms with van der Waals surface area (Å²) in [5, 5.41) is 2.94. The fraction of sp³-hybridized carbons (Fsp3) is 0.588. The first-order valence-corrected chi connectivity index (χ1v) is 7.64. The monoisotopic (exact) mass is 310 g/mol. The molecule has 21 heavy (non-hydrogen) atoms. The second-order valence-corrected chi connectivity index (χ2v) is 6.40. The number of hydrogen-bond acceptors (Lipinski definition) is 2. The van der Waals surface area contributed by atoms with Crippen LogP contribution in [0.2, 0.25) is 0 Å². The van der Waals surface area contributed by atoms with E-state index in [0.29, 0.717) is 24.8 Å². The average Bonchev–Trinajstić information content (AvgIpc) is 3.22. The third kappa shape index (κ3) is 6.49. The zero-order valence-corrected chi connectivity index (χ0v) is 13.8.